The van der Waals surface area contributed by atoms with Gasteiger partial charge in [0.25, 0.3) is 0 Å². The summed E-state index contributed by atoms with van der Waals surface area (Å²) in [6.45, 7) is 0.533. The molecular formula is C16H22F2N2O. The summed E-state index contributed by atoms with van der Waals surface area (Å²) in [7, 11) is 0. The van der Waals surface area contributed by atoms with E-state index in [1.54, 1.807) is 0 Å². The fourth-order valence-electron chi connectivity index (χ4n) is 2.67. The average Bonchev–Trinajstić information content (AvgIpc) is 2.71. The number of carbonyl (C=O) groups excluding carboxylic acids is 1. The summed E-state index contributed by atoms with van der Waals surface area (Å²) >= 11 is 0. The summed E-state index contributed by atoms with van der Waals surface area (Å²) in [6.07, 6.45) is 6.95. The number of nitrogens with one attached hydrogen (secondary N) is 2. The van der Waals surface area contributed by atoms with Gasteiger partial charge in [-0.25, -0.2) is 8.78 Å². The van der Waals surface area contributed by atoms with Gasteiger partial charge in [-0.2, -0.15) is 0 Å². The van der Waals surface area contributed by atoms with E-state index < -0.39 is 11.6 Å². The molecule has 1 aliphatic rings. The maximum Gasteiger partial charge on any atom is 0.234 e. The summed E-state index contributed by atoms with van der Waals surface area (Å²) < 4.78 is 25.8. The zero-order valence-corrected chi connectivity index (χ0v) is 12.1. The smallest absolute Gasteiger partial charge is 0.234 e. The van der Waals surface area contributed by atoms with Crippen LogP contribution in [0.25, 0.3) is 0 Å². The highest BCUT2D eigenvalue weighted by atomic mass is 19.2. The van der Waals surface area contributed by atoms with Crippen LogP contribution in [0.3, 0.4) is 0 Å². The van der Waals surface area contributed by atoms with E-state index in [0.717, 1.165) is 25.0 Å². The predicted octanol–water partition coefficient (Wildman–Crippen LogP) is 2.89. The van der Waals surface area contributed by atoms with Crippen molar-refractivity contribution >= 4 is 5.91 Å². The van der Waals surface area contributed by atoms with Gasteiger partial charge in [0.2, 0.25) is 5.91 Å². The Labute approximate surface area is 124 Å². The fourth-order valence-corrected chi connectivity index (χ4v) is 2.67. The molecule has 0 spiro atoms. The van der Waals surface area contributed by atoms with Gasteiger partial charge in [0.15, 0.2) is 11.6 Å². The molecular weight excluding hydrogens is 274 g/mol. The van der Waals surface area contributed by atoms with Gasteiger partial charge < -0.3 is 10.6 Å². The Morgan fingerprint density at radius 3 is 2.48 bits per heavy atom. The van der Waals surface area contributed by atoms with Gasteiger partial charge in [-0.05, 0) is 30.5 Å². The van der Waals surface area contributed by atoms with E-state index in [-0.39, 0.29) is 18.5 Å². The largest absolute Gasteiger partial charge is 0.352 e. The highest BCUT2D eigenvalue weighted by molar-refractivity contribution is 5.78. The lowest BCUT2D eigenvalue weighted by Gasteiger charge is -2.16. The van der Waals surface area contributed by atoms with Gasteiger partial charge in [0, 0.05) is 12.6 Å². The third kappa shape index (κ3) is 5.42. The number of benzene rings is 1. The molecule has 2 rings (SSSR count). The number of amides is 1. The average molecular weight is 296 g/mol. The molecule has 1 aromatic rings. The standard InChI is InChI=1S/C16H22F2N2O/c17-14-8-7-12(9-15(14)18)10-19-11-16(21)20-13-5-3-1-2-4-6-13/h7-9,13,19H,1-6,10-11H2,(H,20,21). The second kappa shape index (κ2) is 8.08. The Balaban J connectivity index is 1.69. The lowest BCUT2D eigenvalue weighted by atomic mass is 10.1. The first-order valence-electron chi connectivity index (χ1n) is 7.59. The van der Waals surface area contributed by atoms with Crippen LogP contribution < -0.4 is 10.6 Å². The minimum Gasteiger partial charge on any atom is -0.352 e. The van der Waals surface area contributed by atoms with Crippen LogP contribution in [0.4, 0.5) is 8.78 Å². The molecule has 1 aliphatic carbocycles. The Morgan fingerprint density at radius 2 is 1.81 bits per heavy atom. The zero-order chi connectivity index (χ0) is 15.1. The van der Waals surface area contributed by atoms with Crippen molar-refractivity contribution in [1.29, 1.82) is 0 Å². The van der Waals surface area contributed by atoms with Crippen molar-refractivity contribution in [2.24, 2.45) is 0 Å². The van der Waals surface area contributed by atoms with Crippen molar-refractivity contribution in [3.63, 3.8) is 0 Å². The second-order valence-corrected chi connectivity index (χ2v) is 5.61. The van der Waals surface area contributed by atoms with Gasteiger partial charge in [-0.3, -0.25) is 4.79 Å². The summed E-state index contributed by atoms with van der Waals surface area (Å²) in [4.78, 5) is 11.8. The minimum atomic E-state index is -0.864. The molecule has 0 unspecified atom stereocenters. The quantitative estimate of drug-likeness (QED) is 0.820. The van der Waals surface area contributed by atoms with Gasteiger partial charge in [0.05, 0.1) is 6.54 Å². The number of hydrogen-bond donors (Lipinski definition) is 2. The molecule has 0 saturated heterocycles. The Kier molecular flexibility index (Phi) is 6.11. The summed E-state index contributed by atoms with van der Waals surface area (Å²) in [5, 5.41) is 5.98. The van der Waals surface area contributed by atoms with Gasteiger partial charge in [-0.1, -0.05) is 31.7 Å². The van der Waals surface area contributed by atoms with Crippen molar-refractivity contribution < 1.29 is 13.6 Å². The highest BCUT2D eigenvalue weighted by Crippen LogP contribution is 2.17. The number of carbonyl (C=O) groups is 1. The Morgan fingerprint density at radius 1 is 1.10 bits per heavy atom. The van der Waals surface area contributed by atoms with Crippen molar-refractivity contribution in [1.82, 2.24) is 10.6 Å². The molecule has 0 bridgehead atoms. The molecule has 1 fully saturated rings. The normalized spacial score (nSPS) is 16.5. The van der Waals surface area contributed by atoms with E-state index in [2.05, 4.69) is 10.6 Å². The van der Waals surface area contributed by atoms with Gasteiger partial charge in [0.1, 0.15) is 0 Å². The summed E-state index contributed by atoms with van der Waals surface area (Å²) in [5.41, 5.74) is 0.621. The predicted molar refractivity (Wildman–Crippen MR) is 77.7 cm³/mol. The SMILES string of the molecule is O=C(CNCc1ccc(F)c(F)c1)NC1CCCCCC1. The molecule has 0 atom stereocenters. The van der Waals surface area contributed by atoms with E-state index in [0.29, 0.717) is 12.1 Å². The number of halogens is 2. The van der Waals surface area contributed by atoms with Crippen LogP contribution in [-0.4, -0.2) is 18.5 Å². The van der Waals surface area contributed by atoms with E-state index in [1.807, 2.05) is 0 Å². The maximum absolute atomic E-state index is 13.0. The zero-order valence-electron chi connectivity index (χ0n) is 12.1. The van der Waals surface area contributed by atoms with Crippen molar-refractivity contribution in [3.8, 4) is 0 Å². The lowest BCUT2D eigenvalue weighted by Crippen LogP contribution is -2.40. The molecule has 0 aromatic heterocycles. The summed E-state index contributed by atoms with van der Waals surface area (Å²) in [6, 6.07) is 4.03. The first-order chi connectivity index (χ1) is 10.1. The number of hydrogen-bond acceptors (Lipinski definition) is 2. The van der Waals surface area contributed by atoms with Gasteiger partial charge in [-0.15, -0.1) is 0 Å². The molecule has 2 N–H and O–H groups in total. The molecule has 1 amide bonds. The lowest BCUT2D eigenvalue weighted by molar-refractivity contribution is -0.121. The second-order valence-electron chi connectivity index (χ2n) is 5.61. The Hall–Kier alpha value is -1.49. The van der Waals surface area contributed by atoms with Crippen LogP contribution >= 0.6 is 0 Å². The van der Waals surface area contributed by atoms with E-state index >= 15 is 0 Å². The first kappa shape index (κ1) is 15.9. The van der Waals surface area contributed by atoms with Crippen LogP contribution in [0.2, 0.25) is 0 Å². The van der Waals surface area contributed by atoms with Crippen molar-refractivity contribution in [2.45, 2.75) is 51.1 Å². The molecule has 3 nitrogen and oxygen atoms in total. The minimum absolute atomic E-state index is 0.0375. The van der Waals surface area contributed by atoms with Crippen molar-refractivity contribution in [2.75, 3.05) is 6.54 Å². The Bertz CT molecular complexity index is 471. The third-order valence-corrected chi connectivity index (χ3v) is 3.82. The van der Waals surface area contributed by atoms with Gasteiger partial charge >= 0.3 is 0 Å². The fraction of sp³-hybridized carbons (Fsp3) is 0.562. The van der Waals surface area contributed by atoms with Crippen LogP contribution in [-0.2, 0) is 11.3 Å². The van der Waals surface area contributed by atoms with Crippen LogP contribution in [0, 0.1) is 11.6 Å². The first-order valence-corrected chi connectivity index (χ1v) is 7.59. The maximum atomic E-state index is 13.0. The molecule has 0 radical (unpaired) electrons. The van der Waals surface area contributed by atoms with E-state index in [9.17, 15) is 13.6 Å². The number of rotatable bonds is 5. The topological polar surface area (TPSA) is 41.1 Å². The molecule has 1 saturated carbocycles. The molecule has 21 heavy (non-hydrogen) atoms. The molecule has 116 valence electrons. The molecule has 1 aromatic carbocycles. The highest BCUT2D eigenvalue weighted by Gasteiger charge is 2.14. The van der Waals surface area contributed by atoms with Crippen LogP contribution in [0.1, 0.15) is 44.1 Å². The summed E-state index contributed by atoms with van der Waals surface area (Å²) in [5.74, 6) is -1.76. The molecule has 5 heteroatoms. The van der Waals surface area contributed by atoms with E-state index in [1.165, 1.54) is 31.7 Å². The molecule has 0 heterocycles. The molecule has 0 aliphatic heterocycles. The van der Waals surface area contributed by atoms with Crippen LogP contribution in [0.15, 0.2) is 18.2 Å². The third-order valence-electron chi connectivity index (χ3n) is 3.82. The monoisotopic (exact) mass is 296 g/mol. The van der Waals surface area contributed by atoms with E-state index in [4.69, 9.17) is 0 Å². The van der Waals surface area contributed by atoms with Crippen LogP contribution in [0.5, 0.6) is 0 Å². The van der Waals surface area contributed by atoms with Crippen molar-refractivity contribution in [3.05, 3.63) is 35.4 Å².